The number of nitrogens with zero attached hydrogens (tertiary/aromatic N) is 1. The van der Waals surface area contributed by atoms with Gasteiger partial charge in [0.25, 0.3) is 0 Å². The smallest absolute Gasteiger partial charge is 0.191 e. The number of allylic oxidation sites excluding steroid dienone is 1. The lowest BCUT2D eigenvalue weighted by Crippen LogP contribution is -2.38. The van der Waals surface area contributed by atoms with Crippen molar-refractivity contribution in [3.8, 4) is 0 Å². The maximum Gasteiger partial charge on any atom is 0.191 e. The number of hydrogen-bond donors (Lipinski definition) is 2. The van der Waals surface area contributed by atoms with Crippen LogP contribution in [0.4, 0.5) is 0 Å². The van der Waals surface area contributed by atoms with Crippen LogP contribution >= 0.6 is 24.0 Å². The summed E-state index contributed by atoms with van der Waals surface area (Å²) in [5.41, 5.74) is 1.61. The van der Waals surface area contributed by atoms with E-state index in [-0.39, 0.29) is 24.0 Å². The molecule has 0 aromatic heterocycles. The fourth-order valence-corrected chi connectivity index (χ4v) is 2.47. The highest BCUT2D eigenvalue weighted by molar-refractivity contribution is 14.0. The van der Waals surface area contributed by atoms with Crippen LogP contribution < -0.4 is 10.6 Å². The average molecular weight is 423 g/mol. The maximum absolute atomic E-state index is 5.33. The third-order valence-corrected chi connectivity index (χ3v) is 3.64. The number of unbranched alkanes of at least 4 members (excludes halogenated alkanes) is 1. The molecule has 0 aromatic rings. The van der Waals surface area contributed by atoms with Gasteiger partial charge in [-0.05, 0) is 58.8 Å². The van der Waals surface area contributed by atoms with Gasteiger partial charge in [0.2, 0.25) is 0 Å². The Hall–Kier alpha value is -0.300. The standard InChI is InChI=1S/C17H33N3O.HI/c1-3-18-17(19-13-8-9-15-21-4-2)20-14-12-16-10-6-5-7-11-16;/h10H,3-9,11-15H2,1-2H3,(H2,18,19,20);1H. The van der Waals surface area contributed by atoms with Gasteiger partial charge in [-0.25, -0.2) is 0 Å². The van der Waals surface area contributed by atoms with Gasteiger partial charge in [-0.3, -0.25) is 4.99 Å². The summed E-state index contributed by atoms with van der Waals surface area (Å²) in [6.45, 7) is 8.56. The molecule has 2 N–H and O–H groups in total. The number of rotatable bonds is 10. The van der Waals surface area contributed by atoms with Crippen molar-refractivity contribution in [2.45, 2.75) is 58.8 Å². The lowest BCUT2D eigenvalue weighted by Gasteiger charge is -2.15. The third kappa shape index (κ3) is 11.3. The third-order valence-electron chi connectivity index (χ3n) is 3.64. The molecule has 5 heteroatoms. The highest BCUT2D eigenvalue weighted by atomic mass is 127. The molecule has 0 amide bonds. The molecule has 4 nitrogen and oxygen atoms in total. The van der Waals surface area contributed by atoms with Gasteiger partial charge >= 0.3 is 0 Å². The second kappa shape index (κ2) is 15.6. The van der Waals surface area contributed by atoms with Gasteiger partial charge in [0.1, 0.15) is 0 Å². The lowest BCUT2D eigenvalue weighted by molar-refractivity contribution is 0.144. The van der Waals surface area contributed by atoms with Crippen LogP contribution in [0.1, 0.15) is 58.8 Å². The van der Waals surface area contributed by atoms with E-state index in [2.05, 4.69) is 28.6 Å². The van der Waals surface area contributed by atoms with Crippen LogP contribution in [0.3, 0.4) is 0 Å². The summed E-state index contributed by atoms with van der Waals surface area (Å²) in [5.74, 6) is 0.949. The molecule has 0 unspecified atom stereocenters. The van der Waals surface area contributed by atoms with Crippen molar-refractivity contribution in [2.24, 2.45) is 4.99 Å². The molecular formula is C17H34IN3O. The molecule has 0 atom stereocenters. The van der Waals surface area contributed by atoms with E-state index in [4.69, 9.17) is 4.74 Å². The highest BCUT2D eigenvalue weighted by Crippen LogP contribution is 2.19. The number of nitrogens with one attached hydrogen (secondary N) is 2. The first-order chi connectivity index (χ1) is 10.4. The molecule has 0 saturated heterocycles. The Kier molecular flexibility index (Phi) is 15.4. The molecule has 0 bridgehead atoms. The maximum atomic E-state index is 5.33. The number of guanidine groups is 1. The largest absolute Gasteiger partial charge is 0.382 e. The molecule has 0 fully saturated rings. The average Bonchev–Trinajstić information content (AvgIpc) is 2.51. The van der Waals surface area contributed by atoms with Gasteiger partial charge in [0.15, 0.2) is 5.96 Å². The number of aliphatic imine (C=N–C) groups is 1. The Morgan fingerprint density at radius 2 is 2.09 bits per heavy atom. The van der Waals surface area contributed by atoms with E-state index in [1.807, 2.05) is 6.92 Å². The summed E-state index contributed by atoms with van der Waals surface area (Å²) >= 11 is 0. The van der Waals surface area contributed by atoms with E-state index in [1.54, 1.807) is 5.57 Å². The summed E-state index contributed by atoms with van der Waals surface area (Å²) in [7, 11) is 0. The van der Waals surface area contributed by atoms with E-state index >= 15 is 0 Å². The molecule has 0 spiro atoms. The van der Waals surface area contributed by atoms with E-state index in [1.165, 1.54) is 25.7 Å². The Balaban J connectivity index is 0.00000441. The topological polar surface area (TPSA) is 45.7 Å². The summed E-state index contributed by atoms with van der Waals surface area (Å²) < 4.78 is 5.33. The van der Waals surface area contributed by atoms with Crippen LogP contribution in [0.5, 0.6) is 0 Å². The predicted molar refractivity (Wildman–Crippen MR) is 106 cm³/mol. The number of hydrogen-bond acceptors (Lipinski definition) is 2. The summed E-state index contributed by atoms with van der Waals surface area (Å²) in [6.07, 6.45) is 11.0. The Morgan fingerprint density at radius 3 is 2.77 bits per heavy atom. The molecule has 1 aliphatic rings. The monoisotopic (exact) mass is 423 g/mol. The van der Waals surface area contributed by atoms with Crippen molar-refractivity contribution in [1.82, 2.24) is 10.6 Å². The van der Waals surface area contributed by atoms with Crippen LogP contribution in [0.2, 0.25) is 0 Å². The molecule has 0 heterocycles. The zero-order valence-corrected chi connectivity index (χ0v) is 16.7. The van der Waals surface area contributed by atoms with Gasteiger partial charge in [-0.15, -0.1) is 24.0 Å². The quantitative estimate of drug-likeness (QED) is 0.184. The Bertz CT molecular complexity index is 319. The van der Waals surface area contributed by atoms with Crippen molar-refractivity contribution in [1.29, 1.82) is 0 Å². The second-order valence-electron chi connectivity index (χ2n) is 5.45. The van der Waals surface area contributed by atoms with Gasteiger partial charge < -0.3 is 15.4 Å². The number of halogens is 1. The van der Waals surface area contributed by atoms with Crippen molar-refractivity contribution < 1.29 is 4.74 Å². The first-order valence-electron chi connectivity index (χ1n) is 8.64. The lowest BCUT2D eigenvalue weighted by atomic mass is 9.97. The van der Waals surface area contributed by atoms with E-state index in [0.717, 1.165) is 58.1 Å². The van der Waals surface area contributed by atoms with Crippen LogP contribution in [0.15, 0.2) is 16.6 Å². The normalized spacial score (nSPS) is 15.0. The van der Waals surface area contributed by atoms with Crippen molar-refractivity contribution in [2.75, 3.05) is 32.8 Å². The molecular weight excluding hydrogens is 389 g/mol. The number of ether oxygens (including phenoxy) is 1. The first kappa shape index (κ1) is 21.7. The fourth-order valence-electron chi connectivity index (χ4n) is 2.47. The first-order valence-corrected chi connectivity index (χ1v) is 8.64. The summed E-state index contributed by atoms with van der Waals surface area (Å²) in [5, 5.41) is 6.75. The zero-order valence-electron chi connectivity index (χ0n) is 14.3. The van der Waals surface area contributed by atoms with Crippen molar-refractivity contribution in [3.63, 3.8) is 0 Å². The minimum atomic E-state index is 0. The minimum Gasteiger partial charge on any atom is -0.382 e. The second-order valence-corrected chi connectivity index (χ2v) is 5.45. The molecule has 1 aliphatic carbocycles. The van der Waals surface area contributed by atoms with Crippen molar-refractivity contribution in [3.05, 3.63) is 11.6 Å². The van der Waals surface area contributed by atoms with E-state index < -0.39 is 0 Å². The van der Waals surface area contributed by atoms with Gasteiger partial charge in [-0.2, -0.15) is 0 Å². The van der Waals surface area contributed by atoms with Crippen molar-refractivity contribution >= 4 is 29.9 Å². The summed E-state index contributed by atoms with van der Waals surface area (Å²) in [6, 6.07) is 0. The van der Waals surface area contributed by atoms with E-state index in [0.29, 0.717) is 0 Å². The predicted octanol–water partition coefficient (Wildman–Crippen LogP) is 3.87. The minimum absolute atomic E-state index is 0. The highest BCUT2D eigenvalue weighted by Gasteiger charge is 2.03. The van der Waals surface area contributed by atoms with Crippen LogP contribution in [0.25, 0.3) is 0 Å². The molecule has 22 heavy (non-hydrogen) atoms. The molecule has 0 saturated carbocycles. The Morgan fingerprint density at radius 1 is 1.23 bits per heavy atom. The van der Waals surface area contributed by atoms with Crippen LogP contribution in [-0.4, -0.2) is 38.8 Å². The zero-order chi connectivity index (χ0) is 15.2. The van der Waals surface area contributed by atoms with Crippen LogP contribution in [-0.2, 0) is 4.74 Å². The molecule has 130 valence electrons. The molecule has 1 rings (SSSR count). The van der Waals surface area contributed by atoms with Crippen LogP contribution in [0, 0.1) is 0 Å². The van der Waals surface area contributed by atoms with Gasteiger partial charge in [0, 0.05) is 32.8 Å². The van der Waals surface area contributed by atoms with Gasteiger partial charge in [0.05, 0.1) is 0 Å². The fraction of sp³-hybridized carbons (Fsp3) is 0.824. The SMILES string of the molecule is CCNC(=NCCCCOCC)NCCC1=CCCCC1.I. The molecule has 0 aromatic carbocycles. The van der Waals surface area contributed by atoms with Gasteiger partial charge in [-0.1, -0.05) is 11.6 Å². The molecule has 0 radical (unpaired) electrons. The van der Waals surface area contributed by atoms with E-state index in [9.17, 15) is 0 Å². The Labute approximate surface area is 153 Å². The molecule has 0 aliphatic heterocycles. The summed E-state index contributed by atoms with van der Waals surface area (Å²) in [4.78, 5) is 4.61.